The van der Waals surface area contributed by atoms with Crippen LogP contribution in [0.5, 0.6) is 5.75 Å². The van der Waals surface area contributed by atoms with E-state index in [-0.39, 0.29) is 23.1 Å². The van der Waals surface area contributed by atoms with Crippen LogP contribution >= 0.6 is 23.2 Å². The number of hydrogen-bond donors (Lipinski definition) is 2. The van der Waals surface area contributed by atoms with Crippen molar-refractivity contribution < 1.29 is 14.3 Å². The van der Waals surface area contributed by atoms with Crippen molar-refractivity contribution in [2.75, 3.05) is 6.61 Å². The largest absolute Gasteiger partial charge is 0.483 e. The van der Waals surface area contributed by atoms with Crippen LogP contribution in [0, 0.1) is 0 Å². The molecule has 2 amide bonds. The molecule has 2 N–H and O–H groups in total. The van der Waals surface area contributed by atoms with Gasteiger partial charge in [-0.15, -0.1) is 0 Å². The maximum Gasteiger partial charge on any atom is 0.276 e. The van der Waals surface area contributed by atoms with E-state index in [9.17, 15) is 9.59 Å². The molecular formula is C18H18Cl2N2O3. The summed E-state index contributed by atoms with van der Waals surface area (Å²) in [4.78, 5) is 23.9. The fraction of sp³-hybridized carbons (Fsp3) is 0.222. The predicted octanol–water partition coefficient (Wildman–Crippen LogP) is 3.96. The monoisotopic (exact) mass is 380 g/mol. The molecule has 0 aromatic heterocycles. The third-order valence-electron chi connectivity index (χ3n) is 3.39. The Hall–Kier alpha value is -2.24. The Morgan fingerprint density at radius 1 is 1.08 bits per heavy atom. The zero-order chi connectivity index (χ0) is 18.4. The highest BCUT2D eigenvalue weighted by Crippen LogP contribution is 2.25. The van der Waals surface area contributed by atoms with Crippen LogP contribution in [0.25, 0.3) is 0 Å². The number of amides is 2. The first-order chi connectivity index (χ1) is 11.9. The van der Waals surface area contributed by atoms with Crippen molar-refractivity contribution in [3.8, 4) is 5.75 Å². The molecule has 0 atom stereocenters. The SMILES string of the molecule is CC(C)c1ccccc1OCC(=O)NNC(=O)c1ccc(Cl)cc1Cl. The molecule has 132 valence electrons. The van der Waals surface area contributed by atoms with E-state index in [0.717, 1.165) is 5.56 Å². The highest BCUT2D eigenvalue weighted by Gasteiger charge is 2.13. The molecule has 0 aliphatic rings. The first kappa shape index (κ1) is 19.1. The first-order valence-electron chi connectivity index (χ1n) is 7.64. The Balaban J connectivity index is 1.88. The molecule has 0 heterocycles. The number of carbonyl (C=O) groups excluding carboxylic acids is 2. The van der Waals surface area contributed by atoms with Gasteiger partial charge in [0.15, 0.2) is 6.61 Å². The summed E-state index contributed by atoms with van der Waals surface area (Å²) in [5.41, 5.74) is 5.79. The number of rotatable bonds is 5. The molecule has 0 spiro atoms. The Labute approximate surface area is 156 Å². The van der Waals surface area contributed by atoms with Gasteiger partial charge in [0.25, 0.3) is 11.8 Å². The lowest BCUT2D eigenvalue weighted by Crippen LogP contribution is -2.43. The fourth-order valence-electron chi connectivity index (χ4n) is 2.14. The molecule has 5 nitrogen and oxygen atoms in total. The predicted molar refractivity (Wildman–Crippen MR) is 98.1 cm³/mol. The van der Waals surface area contributed by atoms with Crippen LogP contribution < -0.4 is 15.6 Å². The quantitative estimate of drug-likeness (QED) is 0.771. The van der Waals surface area contributed by atoms with Gasteiger partial charge in [0, 0.05) is 5.02 Å². The number of hydrazine groups is 1. The third kappa shape index (κ3) is 5.37. The van der Waals surface area contributed by atoms with E-state index in [1.54, 1.807) is 6.07 Å². The lowest BCUT2D eigenvalue weighted by Gasteiger charge is -2.14. The van der Waals surface area contributed by atoms with Crippen molar-refractivity contribution in [1.29, 1.82) is 0 Å². The summed E-state index contributed by atoms with van der Waals surface area (Å²) in [6, 6.07) is 12.0. The molecule has 0 aliphatic heterocycles. The summed E-state index contributed by atoms with van der Waals surface area (Å²) in [6.45, 7) is 3.86. The average Bonchev–Trinajstić information content (AvgIpc) is 2.58. The zero-order valence-corrected chi connectivity index (χ0v) is 15.3. The number of benzene rings is 2. The summed E-state index contributed by atoms with van der Waals surface area (Å²) in [6.07, 6.45) is 0. The zero-order valence-electron chi connectivity index (χ0n) is 13.8. The van der Waals surface area contributed by atoms with E-state index in [0.29, 0.717) is 10.8 Å². The number of para-hydroxylation sites is 1. The van der Waals surface area contributed by atoms with Crippen LogP contribution in [0.4, 0.5) is 0 Å². The second-order valence-electron chi connectivity index (χ2n) is 5.61. The van der Waals surface area contributed by atoms with E-state index in [1.165, 1.54) is 18.2 Å². The first-order valence-corrected chi connectivity index (χ1v) is 8.40. The van der Waals surface area contributed by atoms with Crippen molar-refractivity contribution >= 4 is 35.0 Å². The van der Waals surface area contributed by atoms with Crippen LogP contribution in [-0.2, 0) is 4.79 Å². The fourth-order valence-corrected chi connectivity index (χ4v) is 2.63. The van der Waals surface area contributed by atoms with E-state index in [4.69, 9.17) is 27.9 Å². The molecular weight excluding hydrogens is 363 g/mol. The van der Waals surface area contributed by atoms with Gasteiger partial charge in [0.2, 0.25) is 0 Å². The highest BCUT2D eigenvalue weighted by molar-refractivity contribution is 6.36. The van der Waals surface area contributed by atoms with Gasteiger partial charge in [-0.3, -0.25) is 20.4 Å². The molecule has 0 fully saturated rings. The lowest BCUT2D eigenvalue weighted by molar-refractivity contribution is -0.123. The minimum atomic E-state index is -0.544. The van der Waals surface area contributed by atoms with E-state index in [1.807, 2.05) is 32.0 Å². The van der Waals surface area contributed by atoms with Crippen molar-refractivity contribution in [3.63, 3.8) is 0 Å². The molecule has 7 heteroatoms. The maximum absolute atomic E-state index is 12.0. The molecule has 2 aromatic rings. The van der Waals surface area contributed by atoms with Gasteiger partial charge in [-0.05, 0) is 35.7 Å². The minimum absolute atomic E-state index is 0.196. The number of ether oxygens (including phenoxy) is 1. The smallest absolute Gasteiger partial charge is 0.276 e. The van der Waals surface area contributed by atoms with Gasteiger partial charge < -0.3 is 4.74 Å². The Kier molecular flexibility index (Phi) is 6.67. The van der Waals surface area contributed by atoms with Crippen LogP contribution in [-0.4, -0.2) is 18.4 Å². The molecule has 0 aliphatic carbocycles. The normalized spacial score (nSPS) is 10.4. The minimum Gasteiger partial charge on any atom is -0.483 e. The summed E-state index contributed by atoms with van der Waals surface area (Å²) in [7, 11) is 0. The summed E-state index contributed by atoms with van der Waals surface area (Å²) in [5, 5.41) is 0.615. The maximum atomic E-state index is 12.0. The molecule has 0 saturated carbocycles. The number of hydrogen-bond acceptors (Lipinski definition) is 3. The topological polar surface area (TPSA) is 67.4 Å². The summed E-state index contributed by atoms with van der Waals surface area (Å²) >= 11 is 11.7. The van der Waals surface area contributed by atoms with Gasteiger partial charge in [-0.1, -0.05) is 55.2 Å². The van der Waals surface area contributed by atoms with E-state index in [2.05, 4.69) is 10.9 Å². The number of nitrogens with one attached hydrogen (secondary N) is 2. The van der Waals surface area contributed by atoms with Gasteiger partial charge in [-0.2, -0.15) is 0 Å². The second-order valence-corrected chi connectivity index (χ2v) is 6.45. The van der Waals surface area contributed by atoms with Gasteiger partial charge in [0.1, 0.15) is 5.75 Å². The number of halogens is 2. The Bertz CT molecular complexity index is 779. The van der Waals surface area contributed by atoms with Crippen molar-refractivity contribution in [2.24, 2.45) is 0 Å². The van der Waals surface area contributed by atoms with Crippen LogP contribution in [0.15, 0.2) is 42.5 Å². The van der Waals surface area contributed by atoms with Crippen LogP contribution in [0.2, 0.25) is 10.0 Å². The standard InChI is InChI=1S/C18H18Cl2N2O3/c1-11(2)13-5-3-4-6-16(13)25-10-17(23)21-22-18(24)14-8-7-12(19)9-15(14)20/h3-9,11H,10H2,1-2H3,(H,21,23)(H,22,24). The van der Waals surface area contributed by atoms with E-state index >= 15 is 0 Å². The van der Waals surface area contributed by atoms with Crippen molar-refractivity contribution in [1.82, 2.24) is 10.9 Å². The Morgan fingerprint density at radius 3 is 2.48 bits per heavy atom. The Morgan fingerprint density at radius 2 is 1.80 bits per heavy atom. The highest BCUT2D eigenvalue weighted by atomic mass is 35.5. The van der Waals surface area contributed by atoms with Crippen molar-refractivity contribution in [2.45, 2.75) is 19.8 Å². The molecule has 0 unspecified atom stereocenters. The molecule has 2 rings (SSSR count). The molecule has 2 aromatic carbocycles. The van der Waals surface area contributed by atoms with Gasteiger partial charge in [0.05, 0.1) is 10.6 Å². The van der Waals surface area contributed by atoms with Crippen LogP contribution in [0.3, 0.4) is 0 Å². The van der Waals surface area contributed by atoms with E-state index < -0.39 is 11.8 Å². The molecule has 0 saturated heterocycles. The average molecular weight is 381 g/mol. The lowest BCUT2D eigenvalue weighted by atomic mass is 10.0. The second kappa shape index (κ2) is 8.74. The molecule has 0 bridgehead atoms. The molecule has 25 heavy (non-hydrogen) atoms. The van der Waals surface area contributed by atoms with Crippen LogP contribution in [0.1, 0.15) is 35.7 Å². The summed E-state index contributed by atoms with van der Waals surface area (Å²) < 4.78 is 5.53. The molecule has 0 radical (unpaired) electrons. The van der Waals surface area contributed by atoms with Crippen molar-refractivity contribution in [3.05, 3.63) is 63.6 Å². The number of carbonyl (C=O) groups is 2. The summed E-state index contributed by atoms with van der Waals surface area (Å²) in [5.74, 6) is -0.125. The van der Waals surface area contributed by atoms with Gasteiger partial charge >= 0.3 is 0 Å². The third-order valence-corrected chi connectivity index (χ3v) is 3.94. The van der Waals surface area contributed by atoms with Gasteiger partial charge in [-0.25, -0.2) is 0 Å².